The van der Waals surface area contributed by atoms with E-state index in [0.29, 0.717) is 5.84 Å². The first-order valence-corrected chi connectivity index (χ1v) is 18.5. The molecule has 0 fully saturated rings. The van der Waals surface area contributed by atoms with Crippen molar-refractivity contribution in [2.75, 3.05) is 0 Å². The quantitative estimate of drug-likeness (QED) is 0.189. The topological polar surface area (TPSA) is 57.0 Å². The number of hydrogen-bond acceptors (Lipinski definition) is 6. The van der Waals surface area contributed by atoms with Crippen molar-refractivity contribution in [1.82, 2.24) is 5.32 Å². The first kappa shape index (κ1) is 29.8. The van der Waals surface area contributed by atoms with Crippen LogP contribution in [0.15, 0.2) is 168 Å². The third-order valence-corrected chi connectivity index (χ3v) is 12.1. The molecule has 2 N–H and O–H groups in total. The van der Waals surface area contributed by atoms with Crippen molar-refractivity contribution in [3.63, 3.8) is 0 Å². The van der Waals surface area contributed by atoms with Crippen molar-refractivity contribution in [2.24, 2.45) is 9.98 Å². The van der Waals surface area contributed by atoms with E-state index in [4.69, 9.17) is 9.98 Å². The average Bonchev–Trinajstić information content (AvgIpc) is 3.77. The van der Waals surface area contributed by atoms with Crippen molar-refractivity contribution in [3.8, 4) is 28.0 Å². The minimum absolute atomic E-state index is 0.252. The second kappa shape index (κ2) is 12.1. The maximum Gasteiger partial charge on any atom is 0.159 e. The Morgan fingerprint density at radius 3 is 1.92 bits per heavy atom. The summed E-state index contributed by atoms with van der Waals surface area (Å²) < 4.78 is 5.13. The van der Waals surface area contributed by atoms with Crippen LogP contribution in [0, 0.1) is 0 Å². The van der Waals surface area contributed by atoms with E-state index in [2.05, 4.69) is 108 Å². The van der Waals surface area contributed by atoms with Gasteiger partial charge in [0.2, 0.25) is 0 Å². The second-order valence-corrected chi connectivity index (χ2v) is 14.8. The molecule has 9 aromatic rings. The van der Waals surface area contributed by atoms with Crippen LogP contribution in [0.25, 0.3) is 62.6 Å². The normalized spacial score (nSPS) is 14.5. The van der Waals surface area contributed by atoms with Gasteiger partial charge in [-0.1, -0.05) is 133 Å². The van der Waals surface area contributed by atoms with Crippen LogP contribution in [0.3, 0.4) is 0 Å². The lowest BCUT2D eigenvalue weighted by molar-refractivity contribution is 0.477. The Balaban J connectivity index is 1.10. The number of nitrogens with zero attached hydrogens (tertiary/aromatic N) is 2. The summed E-state index contributed by atoms with van der Waals surface area (Å²) in [5, 5.41) is 19.3. The molecule has 0 spiro atoms. The van der Waals surface area contributed by atoms with Gasteiger partial charge in [-0.3, -0.25) is 0 Å². The monoisotopic (exact) mass is 691 g/mol. The molecule has 0 saturated heterocycles. The predicted molar refractivity (Wildman–Crippen MR) is 217 cm³/mol. The summed E-state index contributed by atoms with van der Waals surface area (Å²) in [4.78, 5) is 10.3. The Morgan fingerprint density at radius 2 is 1.12 bits per heavy atom. The maximum absolute atomic E-state index is 10.6. The zero-order valence-electron chi connectivity index (χ0n) is 27.2. The third-order valence-electron chi connectivity index (χ3n) is 9.66. The van der Waals surface area contributed by atoms with Gasteiger partial charge >= 0.3 is 0 Å². The van der Waals surface area contributed by atoms with Gasteiger partial charge in [-0.05, 0) is 35.4 Å². The molecule has 1 atom stereocenters. The molecule has 51 heavy (non-hydrogen) atoms. The van der Waals surface area contributed by atoms with Gasteiger partial charge in [-0.2, -0.15) is 0 Å². The molecule has 1 unspecified atom stereocenters. The number of benzene rings is 7. The number of aromatic hydroxyl groups is 1. The minimum atomic E-state index is -0.370. The van der Waals surface area contributed by atoms with Crippen LogP contribution in [-0.4, -0.2) is 16.8 Å². The largest absolute Gasteiger partial charge is 0.507 e. The number of phenolic OH excluding ortho intramolecular Hbond substituents is 1. The Bertz CT molecular complexity index is 2870. The van der Waals surface area contributed by atoms with Crippen LogP contribution in [0.2, 0.25) is 0 Å². The highest BCUT2D eigenvalue weighted by molar-refractivity contribution is 7.27. The summed E-state index contributed by atoms with van der Waals surface area (Å²) in [7, 11) is 0. The van der Waals surface area contributed by atoms with Gasteiger partial charge in [-0.15, -0.1) is 22.7 Å². The van der Waals surface area contributed by atoms with Crippen LogP contribution in [0.5, 0.6) is 5.75 Å². The summed E-state index contributed by atoms with van der Waals surface area (Å²) >= 11 is 3.71. The molecule has 0 saturated carbocycles. The molecule has 2 aromatic heterocycles. The molecule has 1 aliphatic heterocycles. The maximum atomic E-state index is 10.6. The van der Waals surface area contributed by atoms with Gasteiger partial charge in [-0.25, -0.2) is 9.98 Å². The van der Waals surface area contributed by atoms with Gasteiger partial charge in [0.1, 0.15) is 17.8 Å². The number of phenols is 1. The Morgan fingerprint density at radius 1 is 0.490 bits per heavy atom. The van der Waals surface area contributed by atoms with Crippen molar-refractivity contribution < 1.29 is 5.11 Å². The first-order valence-electron chi connectivity index (χ1n) is 16.9. The van der Waals surface area contributed by atoms with Gasteiger partial charge in [0.25, 0.3) is 0 Å². The second-order valence-electron chi connectivity index (χ2n) is 12.7. The summed E-state index contributed by atoms with van der Waals surface area (Å²) in [6.07, 6.45) is -0.370. The molecular weight excluding hydrogens is 663 g/mol. The van der Waals surface area contributed by atoms with E-state index >= 15 is 0 Å². The predicted octanol–water partition coefficient (Wildman–Crippen LogP) is 12.0. The number of nitrogens with one attached hydrogen (secondary N) is 1. The molecule has 7 aromatic carbocycles. The number of hydrogen-bond donors (Lipinski definition) is 2. The Labute approximate surface area is 302 Å². The van der Waals surface area contributed by atoms with E-state index in [1.54, 1.807) is 6.07 Å². The zero-order chi connectivity index (χ0) is 33.9. The van der Waals surface area contributed by atoms with Gasteiger partial charge in [0.05, 0.1) is 0 Å². The molecule has 4 nitrogen and oxygen atoms in total. The lowest BCUT2D eigenvalue weighted by atomic mass is 10.00. The number of thiophene rings is 2. The highest BCUT2D eigenvalue weighted by Gasteiger charge is 2.23. The molecule has 3 heterocycles. The number of aliphatic imine (C=N–C) groups is 2. The fourth-order valence-corrected chi connectivity index (χ4v) is 9.69. The number of amidine groups is 2. The van der Waals surface area contributed by atoms with Crippen LogP contribution in [0.1, 0.15) is 22.9 Å². The number of rotatable bonds is 5. The highest BCUT2D eigenvalue weighted by atomic mass is 32.1. The number of fused-ring (bicyclic) bond motifs is 6. The average molecular weight is 692 g/mol. The fourth-order valence-electron chi connectivity index (χ4n) is 7.19. The molecular formula is C45H29N3OS2. The fraction of sp³-hybridized carbons (Fsp3) is 0.0222. The van der Waals surface area contributed by atoms with Crippen molar-refractivity contribution >= 4 is 74.7 Å². The molecule has 6 heteroatoms. The summed E-state index contributed by atoms with van der Waals surface area (Å²) in [5.74, 6) is 1.70. The van der Waals surface area contributed by atoms with E-state index in [1.807, 2.05) is 71.2 Å². The highest BCUT2D eigenvalue weighted by Crippen LogP contribution is 2.45. The molecule has 0 radical (unpaired) electrons. The van der Waals surface area contributed by atoms with Crippen LogP contribution in [0.4, 0.5) is 0 Å². The molecule has 0 amide bonds. The van der Waals surface area contributed by atoms with Gasteiger partial charge in [0.15, 0.2) is 5.84 Å². The summed E-state index contributed by atoms with van der Waals surface area (Å²) in [6.45, 7) is 0. The molecule has 1 aliphatic rings. The molecule has 242 valence electrons. The van der Waals surface area contributed by atoms with Crippen LogP contribution in [-0.2, 0) is 0 Å². The lowest BCUT2D eigenvalue weighted by Crippen LogP contribution is -2.33. The van der Waals surface area contributed by atoms with E-state index in [0.717, 1.165) is 33.7 Å². The number of para-hydroxylation sites is 1. The van der Waals surface area contributed by atoms with E-state index in [1.165, 1.54) is 51.5 Å². The lowest BCUT2D eigenvalue weighted by Gasteiger charge is -2.24. The standard InChI is InChI=1S/C45H29N3OS2/c49-38-21-6-4-15-31(38)28-13-8-14-29(25-28)44-46-43(27-11-2-1-3-12-27)47-45(48-44)30-23-24-33-35-18-10-20-37(42(35)51-40(33)26-30)36-19-9-17-34-32-16-5-7-22-39(32)50-41(34)36/h1-26,44,49H,(H,46,47,48). The zero-order valence-corrected chi connectivity index (χ0v) is 28.9. The van der Waals surface area contributed by atoms with Crippen molar-refractivity contribution in [2.45, 2.75) is 6.17 Å². The van der Waals surface area contributed by atoms with Gasteiger partial charge in [0, 0.05) is 68.2 Å². The van der Waals surface area contributed by atoms with E-state index < -0.39 is 0 Å². The third kappa shape index (κ3) is 5.11. The minimum Gasteiger partial charge on any atom is -0.507 e. The molecule has 0 aliphatic carbocycles. The van der Waals surface area contributed by atoms with E-state index in [-0.39, 0.29) is 11.9 Å². The summed E-state index contributed by atoms with van der Waals surface area (Å²) in [5.41, 5.74) is 7.21. The summed E-state index contributed by atoms with van der Waals surface area (Å²) in [6, 6.07) is 54.5. The van der Waals surface area contributed by atoms with Gasteiger partial charge < -0.3 is 10.4 Å². The smallest absolute Gasteiger partial charge is 0.159 e. The van der Waals surface area contributed by atoms with Crippen LogP contribution >= 0.6 is 22.7 Å². The SMILES string of the molecule is Oc1ccccc1-c1cccc(C2N=C(c3ccc4c(c3)sc3c(-c5cccc6c5sc5ccccc56)cccc34)N=C(c3ccccc3)N2)c1. The first-order chi connectivity index (χ1) is 25.2. The molecule has 10 rings (SSSR count). The Kier molecular flexibility index (Phi) is 7.05. The van der Waals surface area contributed by atoms with Crippen LogP contribution < -0.4 is 5.32 Å². The van der Waals surface area contributed by atoms with E-state index in [9.17, 15) is 5.11 Å². The molecule has 0 bridgehead atoms. The van der Waals surface area contributed by atoms with Crippen molar-refractivity contribution in [1.29, 1.82) is 0 Å². The Hall–Kier alpha value is -6.08. The van der Waals surface area contributed by atoms with Crippen molar-refractivity contribution in [3.05, 3.63) is 174 Å².